The van der Waals surface area contributed by atoms with Crippen molar-refractivity contribution < 1.29 is 14.5 Å². The molecule has 0 bridgehead atoms. The number of nitrogens with one attached hydrogen (secondary N) is 3. The molecule has 0 aliphatic heterocycles. The molecule has 0 saturated heterocycles. The number of anilines is 1. The summed E-state index contributed by atoms with van der Waals surface area (Å²) in [5.41, 5.74) is 4.99. The Kier molecular flexibility index (Phi) is 3.66. The van der Waals surface area contributed by atoms with E-state index in [2.05, 4.69) is 16.2 Å². The minimum atomic E-state index is -0.574. The van der Waals surface area contributed by atoms with Crippen LogP contribution in [0.3, 0.4) is 0 Å². The monoisotopic (exact) mass is 304 g/mol. The fourth-order valence-electron chi connectivity index (χ4n) is 2.03. The highest BCUT2D eigenvalue weighted by atomic mass is 16.6. The number of carbonyl (C=O) groups excluding carboxylic acids is 2. The number of hydrogen-bond donors (Lipinski definition) is 3. The van der Waals surface area contributed by atoms with Gasteiger partial charge in [0.05, 0.1) is 4.92 Å². The Morgan fingerprint density at radius 2 is 1.86 bits per heavy atom. The topological polar surface area (TPSA) is 113 Å². The van der Waals surface area contributed by atoms with Crippen LogP contribution in [0.4, 0.5) is 11.4 Å². The molecule has 2 aliphatic carbocycles. The number of hydrazine groups is 1. The molecule has 0 spiro atoms. The third-order valence-electron chi connectivity index (χ3n) is 3.64. The Labute approximate surface area is 126 Å². The van der Waals surface area contributed by atoms with Gasteiger partial charge in [0.25, 0.3) is 11.6 Å². The molecule has 1 aromatic carbocycles. The van der Waals surface area contributed by atoms with E-state index in [0.717, 1.165) is 25.7 Å². The van der Waals surface area contributed by atoms with Crippen LogP contribution in [0.15, 0.2) is 18.2 Å². The maximum Gasteiger partial charge on any atom is 0.293 e. The Bertz CT molecular complexity index is 638. The summed E-state index contributed by atoms with van der Waals surface area (Å²) in [6, 6.07) is 4.50. The Balaban J connectivity index is 1.69. The lowest BCUT2D eigenvalue weighted by atomic mass is 10.1. The summed E-state index contributed by atoms with van der Waals surface area (Å²) >= 11 is 0. The molecule has 1 aromatic rings. The summed E-state index contributed by atoms with van der Waals surface area (Å²) in [5, 5.41) is 14.2. The fraction of sp³-hybridized carbons (Fsp3) is 0.429. The number of amides is 2. The van der Waals surface area contributed by atoms with Gasteiger partial charge in [0.2, 0.25) is 5.91 Å². The van der Waals surface area contributed by atoms with E-state index in [9.17, 15) is 19.7 Å². The Morgan fingerprint density at radius 3 is 2.45 bits per heavy atom. The van der Waals surface area contributed by atoms with E-state index in [4.69, 9.17) is 0 Å². The van der Waals surface area contributed by atoms with Crippen LogP contribution in [-0.4, -0.2) is 22.8 Å². The van der Waals surface area contributed by atoms with Gasteiger partial charge in [0.15, 0.2) is 0 Å². The maximum atomic E-state index is 11.9. The van der Waals surface area contributed by atoms with E-state index in [0.29, 0.717) is 5.69 Å². The average Bonchev–Trinajstić information content (AvgIpc) is 3.37. The summed E-state index contributed by atoms with van der Waals surface area (Å²) in [4.78, 5) is 34.0. The van der Waals surface area contributed by atoms with E-state index < -0.39 is 10.8 Å². The van der Waals surface area contributed by atoms with Gasteiger partial charge in [-0.05, 0) is 37.8 Å². The lowest BCUT2D eigenvalue weighted by Crippen LogP contribution is -2.42. The molecule has 2 aliphatic rings. The zero-order valence-corrected chi connectivity index (χ0v) is 11.8. The van der Waals surface area contributed by atoms with Gasteiger partial charge < -0.3 is 5.32 Å². The largest absolute Gasteiger partial charge is 0.377 e. The van der Waals surface area contributed by atoms with Crippen molar-refractivity contribution in [2.24, 2.45) is 5.92 Å². The van der Waals surface area contributed by atoms with Crippen LogP contribution in [0.2, 0.25) is 0 Å². The van der Waals surface area contributed by atoms with Crippen molar-refractivity contribution in [1.82, 2.24) is 10.9 Å². The van der Waals surface area contributed by atoms with Crippen molar-refractivity contribution in [2.75, 3.05) is 5.32 Å². The Morgan fingerprint density at radius 1 is 1.14 bits per heavy atom. The number of carbonyl (C=O) groups is 2. The molecule has 2 saturated carbocycles. The van der Waals surface area contributed by atoms with Crippen LogP contribution in [-0.2, 0) is 4.79 Å². The van der Waals surface area contributed by atoms with Crippen molar-refractivity contribution >= 4 is 23.2 Å². The van der Waals surface area contributed by atoms with Gasteiger partial charge >= 0.3 is 0 Å². The zero-order chi connectivity index (χ0) is 15.7. The first-order valence-electron chi connectivity index (χ1n) is 7.20. The predicted molar refractivity (Wildman–Crippen MR) is 78.1 cm³/mol. The van der Waals surface area contributed by atoms with E-state index in [-0.39, 0.29) is 29.1 Å². The highest BCUT2D eigenvalue weighted by Crippen LogP contribution is 2.31. The third kappa shape index (κ3) is 3.33. The first-order valence-corrected chi connectivity index (χ1v) is 7.20. The van der Waals surface area contributed by atoms with Gasteiger partial charge in [-0.1, -0.05) is 0 Å². The third-order valence-corrected chi connectivity index (χ3v) is 3.64. The van der Waals surface area contributed by atoms with E-state index >= 15 is 0 Å². The Hall–Kier alpha value is -2.64. The molecule has 0 atom stereocenters. The summed E-state index contributed by atoms with van der Waals surface area (Å²) in [5.74, 6) is -0.829. The average molecular weight is 304 g/mol. The van der Waals surface area contributed by atoms with Crippen LogP contribution in [0.5, 0.6) is 0 Å². The van der Waals surface area contributed by atoms with Gasteiger partial charge in [0, 0.05) is 23.6 Å². The molecule has 2 amide bonds. The molecule has 0 unspecified atom stereocenters. The molecule has 3 rings (SSSR count). The lowest BCUT2D eigenvalue weighted by Gasteiger charge is -2.09. The lowest BCUT2D eigenvalue weighted by molar-refractivity contribution is -0.384. The van der Waals surface area contributed by atoms with Crippen molar-refractivity contribution in [3.8, 4) is 0 Å². The molecule has 3 N–H and O–H groups in total. The predicted octanol–water partition coefficient (Wildman–Crippen LogP) is 1.34. The molecule has 0 radical (unpaired) electrons. The second-order valence-corrected chi connectivity index (χ2v) is 5.63. The molecular weight excluding hydrogens is 288 g/mol. The number of nitro groups is 1. The number of hydrogen-bond acceptors (Lipinski definition) is 5. The van der Waals surface area contributed by atoms with E-state index in [1.165, 1.54) is 18.2 Å². The number of rotatable bonds is 5. The smallest absolute Gasteiger partial charge is 0.293 e. The molecule has 2 fully saturated rings. The molecule has 0 aromatic heterocycles. The maximum absolute atomic E-state index is 11.9. The van der Waals surface area contributed by atoms with Gasteiger partial charge in [0.1, 0.15) is 5.69 Å². The minimum absolute atomic E-state index is 0.0280. The number of nitro benzene ring substituents is 1. The SMILES string of the molecule is O=C(NNC(=O)C1CC1)c1ccc(NC2CC2)c([N+](=O)[O-])c1. The molecule has 22 heavy (non-hydrogen) atoms. The molecule has 8 heteroatoms. The summed E-state index contributed by atoms with van der Waals surface area (Å²) in [7, 11) is 0. The van der Waals surface area contributed by atoms with E-state index in [1.54, 1.807) is 0 Å². The van der Waals surface area contributed by atoms with Gasteiger partial charge in [-0.15, -0.1) is 0 Å². The second-order valence-electron chi connectivity index (χ2n) is 5.63. The van der Waals surface area contributed by atoms with Crippen LogP contribution in [0.1, 0.15) is 36.0 Å². The van der Waals surface area contributed by atoms with Crippen molar-refractivity contribution in [3.63, 3.8) is 0 Å². The second kappa shape index (κ2) is 5.63. The van der Waals surface area contributed by atoms with Crippen LogP contribution >= 0.6 is 0 Å². The minimum Gasteiger partial charge on any atom is -0.377 e. The normalized spacial score (nSPS) is 16.7. The first kappa shape index (κ1) is 14.3. The van der Waals surface area contributed by atoms with Crippen molar-refractivity contribution in [3.05, 3.63) is 33.9 Å². The molecule has 8 nitrogen and oxygen atoms in total. The summed E-state index contributed by atoms with van der Waals surface area (Å²) in [6.45, 7) is 0. The van der Waals surface area contributed by atoms with Crippen molar-refractivity contribution in [2.45, 2.75) is 31.7 Å². The fourth-order valence-corrected chi connectivity index (χ4v) is 2.03. The van der Waals surface area contributed by atoms with Gasteiger partial charge in [-0.3, -0.25) is 30.6 Å². The van der Waals surface area contributed by atoms with E-state index in [1.807, 2.05) is 0 Å². The number of benzene rings is 1. The highest BCUT2D eigenvalue weighted by Gasteiger charge is 2.30. The van der Waals surface area contributed by atoms with Gasteiger partial charge in [-0.2, -0.15) is 0 Å². The zero-order valence-electron chi connectivity index (χ0n) is 11.8. The van der Waals surface area contributed by atoms with Crippen LogP contribution in [0.25, 0.3) is 0 Å². The summed E-state index contributed by atoms with van der Waals surface area (Å²) < 4.78 is 0. The number of nitrogens with zero attached hydrogens (tertiary/aromatic N) is 1. The van der Waals surface area contributed by atoms with Crippen molar-refractivity contribution in [1.29, 1.82) is 0 Å². The highest BCUT2D eigenvalue weighted by molar-refractivity contribution is 5.97. The van der Waals surface area contributed by atoms with Gasteiger partial charge in [-0.25, -0.2) is 0 Å². The standard InChI is InChI=1S/C14H16N4O4/c19-13(8-1-2-8)16-17-14(20)9-3-6-11(15-10-4-5-10)12(7-9)18(21)22/h3,6-8,10,15H,1-2,4-5H2,(H,16,19)(H,17,20). The molecule has 116 valence electrons. The van der Waals surface area contributed by atoms with Crippen LogP contribution in [0, 0.1) is 16.0 Å². The first-order chi connectivity index (χ1) is 10.5. The molecule has 0 heterocycles. The molecular formula is C14H16N4O4. The quantitative estimate of drug-likeness (QED) is 0.561. The summed E-state index contributed by atoms with van der Waals surface area (Å²) in [6.07, 6.45) is 3.64. The van der Waals surface area contributed by atoms with Crippen LogP contribution < -0.4 is 16.2 Å².